The van der Waals surface area contributed by atoms with E-state index in [1.807, 2.05) is 0 Å². The van der Waals surface area contributed by atoms with Gasteiger partial charge in [0.15, 0.2) is 0 Å². The molecule has 3 rings (SSSR count). The highest BCUT2D eigenvalue weighted by atomic mass is 16.3. The molecule has 2 N–H and O–H groups in total. The summed E-state index contributed by atoms with van der Waals surface area (Å²) in [5, 5.41) is 7.07. The molecule has 0 unspecified atom stereocenters. The first kappa shape index (κ1) is 20.1. The fraction of sp³-hybridized carbons (Fsp3) is 0. The molecule has 0 aromatic heterocycles. The Bertz CT molecular complexity index is 961. The van der Waals surface area contributed by atoms with Gasteiger partial charge in [0.1, 0.15) is 0 Å². The van der Waals surface area contributed by atoms with Crippen LogP contribution in [0.4, 0.5) is 11.4 Å². The molecule has 10 nitrogen and oxygen atoms in total. The Morgan fingerprint density at radius 1 is 0.567 bits per heavy atom. The number of para-hydroxylation sites is 2. The minimum atomic E-state index is -0.741. The van der Waals surface area contributed by atoms with Crippen LogP contribution in [0.15, 0.2) is 95.5 Å². The number of rotatable bonds is 8. The number of hydrazine groups is 2. The fourth-order valence-corrected chi connectivity index (χ4v) is 2.59. The van der Waals surface area contributed by atoms with Gasteiger partial charge in [-0.1, -0.05) is 48.5 Å². The third kappa shape index (κ3) is 4.62. The molecule has 0 atom stereocenters. The zero-order chi connectivity index (χ0) is 21.3. The fourth-order valence-electron chi connectivity index (χ4n) is 2.59. The molecular weight excluding hydrogens is 388 g/mol. The number of amides is 2. The van der Waals surface area contributed by atoms with Crippen LogP contribution in [0.25, 0.3) is 0 Å². The maximum atomic E-state index is 12.7. The van der Waals surface area contributed by atoms with Gasteiger partial charge >= 0.3 is 0 Å². The highest BCUT2D eigenvalue weighted by molar-refractivity contribution is 6.07. The first-order valence-electron chi connectivity index (χ1n) is 8.72. The van der Waals surface area contributed by atoms with Crippen molar-refractivity contribution in [2.45, 2.75) is 0 Å². The largest absolute Gasteiger partial charge is 0.272 e. The summed E-state index contributed by atoms with van der Waals surface area (Å²) < 4.78 is 0. The first-order valence-corrected chi connectivity index (χ1v) is 8.72. The molecule has 0 radical (unpaired) electrons. The number of hydrogen-bond acceptors (Lipinski definition) is 6. The van der Waals surface area contributed by atoms with E-state index in [9.17, 15) is 19.4 Å². The van der Waals surface area contributed by atoms with Crippen molar-refractivity contribution in [1.82, 2.24) is 10.9 Å². The van der Waals surface area contributed by atoms with Gasteiger partial charge in [-0.3, -0.25) is 9.59 Å². The number of carbonyl (C=O) groups excluding carboxylic acids is 2. The van der Waals surface area contributed by atoms with E-state index in [2.05, 4.69) is 21.4 Å². The van der Waals surface area contributed by atoms with Crippen molar-refractivity contribution in [3.63, 3.8) is 0 Å². The van der Waals surface area contributed by atoms with Gasteiger partial charge in [-0.05, 0) is 36.4 Å². The van der Waals surface area contributed by atoms with E-state index in [-0.39, 0.29) is 11.1 Å². The van der Waals surface area contributed by atoms with Crippen molar-refractivity contribution in [2.24, 2.45) is 10.6 Å². The predicted octanol–water partition coefficient (Wildman–Crippen LogP) is 3.35. The van der Waals surface area contributed by atoms with Crippen molar-refractivity contribution < 1.29 is 9.59 Å². The zero-order valence-electron chi connectivity index (χ0n) is 15.5. The van der Waals surface area contributed by atoms with Gasteiger partial charge in [-0.2, -0.15) is 0 Å². The Morgan fingerprint density at radius 3 is 1.23 bits per heavy atom. The predicted molar refractivity (Wildman–Crippen MR) is 111 cm³/mol. The zero-order valence-corrected chi connectivity index (χ0v) is 15.5. The lowest BCUT2D eigenvalue weighted by Crippen LogP contribution is -2.41. The Balaban J connectivity index is 1.81. The number of nitrogens with one attached hydrogen (secondary N) is 2. The van der Waals surface area contributed by atoms with Crippen molar-refractivity contribution in [3.8, 4) is 0 Å². The number of benzene rings is 3. The van der Waals surface area contributed by atoms with Gasteiger partial charge in [0.05, 0.1) is 33.1 Å². The Labute approximate surface area is 170 Å². The van der Waals surface area contributed by atoms with E-state index in [0.29, 0.717) is 11.4 Å². The van der Waals surface area contributed by atoms with E-state index in [1.165, 1.54) is 12.1 Å². The minimum Gasteiger partial charge on any atom is -0.267 e. The molecule has 0 saturated heterocycles. The second-order valence-electron chi connectivity index (χ2n) is 5.89. The van der Waals surface area contributed by atoms with Crippen LogP contribution in [-0.2, 0) is 0 Å². The molecule has 30 heavy (non-hydrogen) atoms. The van der Waals surface area contributed by atoms with Crippen LogP contribution >= 0.6 is 0 Å². The van der Waals surface area contributed by atoms with Crippen LogP contribution < -0.4 is 21.1 Å². The third-order valence-electron chi connectivity index (χ3n) is 4.00. The number of nitrogens with zero attached hydrogens (tertiary/aromatic N) is 4. The molecular formula is C20H16N6O4. The number of carbonyl (C=O) groups is 2. The highest BCUT2D eigenvalue weighted by Gasteiger charge is 2.21. The summed E-state index contributed by atoms with van der Waals surface area (Å²) in [4.78, 5) is 47.7. The van der Waals surface area contributed by atoms with Gasteiger partial charge in [-0.15, -0.1) is 20.0 Å². The normalized spacial score (nSPS) is 9.87. The first-order chi connectivity index (χ1) is 14.6. The summed E-state index contributed by atoms with van der Waals surface area (Å²) in [6.07, 6.45) is 0. The van der Waals surface area contributed by atoms with Crippen LogP contribution in [0, 0.1) is 9.81 Å². The molecule has 0 bridgehead atoms. The van der Waals surface area contributed by atoms with E-state index in [0.717, 1.165) is 10.2 Å². The van der Waals surface area contributed by atoms with Crippen LogP contribution in [-0.4, -0.2) is 11.8 Å². The molecule has 0 spiro atoms. The lowest BCUT2D eigenvalue weighted by atomic mass is 10.1. The number of hydrogen-bond donors (Lipinski definition) is 2. The second kappa shape index (κ2) is 9.55. The Morgan fingerprint density at radius 2 is 0.900 bits per heavy atom. The van der Waals surface area contributed by atoms with Gasteiger partial charge in [0.2, 0.25) is 0 Å². The van der Waals surface area contributed by atoms with E-state index in [4.69, 9.17) is 0 Å². The Hall–Kier alpha value is -4.60. The summed E-state index contributed by atoms with van der Waals surface area (Å²) >= 11 is 0. The molecule has 0 saturated carbocycles. The topological polar surface area (TPSA) is 124 Å². The van der Waals surface area contributed by atoms with Crippen molar-refractivity contribution in [2.75, 3.05) is 10.2 Å². The average Bonchev–Trinajstić information content (AvgIpc) is 2.81. The molecule has 3 aromatic rings. The molecule has 0 aliphatic carbocycles. The lowest BCUT2D eigenvalue weighted by molar-refractivity contribution is 0.0914. The monoisotopic (exact) mass is 404 g/mol. The van der Waals surface area contributed by atoms with Crippen molar-refractivity contribution in [1.29, 1.82) is 0 Å². The quantitative estimate of drug-likeness (QED) is 0.438. The van der Waals surface area contributed by atoms with E-state index in [1.54, 1.807) is 72.8 Å². The van der Waals surface area contributed by atoms with Crippen LogP contribution in [0.1, 0.15) is 20.7 Å². The molecule has 3 aromatic carbocycles. The molecule has 150 valence electrons. The summed E-state index contributed by atoms with van der Waals surface area (Å²) in [6, 6.07) is 22.4. The van der Waals surface area contributed by atoms with Crippen LogP contribution in [0.3, 0.4) is 0 Å². The smallest absolute Gasteiger partial charge is 0.267 e. The van der Waals surface area contributed by atoms with Crippen molar-refractivity contribution >= 4 is 23.2 Å². The van der Waals surface area contributed by atoms with Gasteiger partial charge < -0.3 is 0 Å². The van der Waals surface area contributed by atoms with Gasteiger partial charge in [0, 0.05) is 0 Å². The SMILES string of the molecule is O=NN(NC(=O)c1ccccc1C(=O)NN(N=O)c1ccccc1)c1ccccc1. The maximum absolute atomic E-state index is 12.7. The summed E-state index contributed by atoms with van der Waals surface area (Å²) in [5.74, 6) is -1.48. The lowest BCUT2D eigenvalue weighted by Gasteiger charge is -2.19. The van der Waals surface area contributed by atoms with Crippen LogP contribution in [0.5, 0.6) is 0 Å². The van der Waals surface area contributed by atoms with Gasteiger partial charge in [-0.25, -0.2) is 10.9 Å². The summed E-state index contributed by atoms with van der Waals surface area (Å²) in [7, 11) is 0. The summed E-state index contributed by atoms with van der Waals surface area (Å²) in [6.45, 7) is 0. The molecule has 0 heterocycles. The third-order valence-corrected chi connectivity index (χ3v) is 4.00. The molecule has 10 heteroatoms. The number of anilines is 2. The maximum Gasteiger partial charge on any atom is 0.272 e. The van der Waals surface area contributed by atoms with Gasteiger partial charge in [0.25, 0.3) is 11.8 Å². The summed E-state index contributed by atoms with van der Waals surface area (Å²) in [5.41, 5.74) is 5.27. The Kier molecular flexibility index (Phi) is 6.41. The number of nitroso groups, excluding NO2 is 2. The van der Waals surface area contributed by atoms with E-state index < -0.39 is 11.8 Å². The molecule has 0 aliphatic heterocycles. The molecule has 0 fully saturated rings. The molecule has 2 amide bonds. The second-order valence-corrected chi connectivity index (χ2v) is 5.89. The molecule has 0 aliphatic rings. The standard InChI is InChI=1S/C20H16N6O4/c27-19(21-25(23-29)15-9-3-1-4-10-15)17-13-7-8-14-18(17)20(28)22-26(24-30)16-11-5-2-6-12-16/h1-14H,(H,21,27)(H,22,28). The van der Waals surface area contributed by atoms with Crippen molar-refractivity contribution in [3.05, 3.63) is 106 Å². The highest BCUT2D eigenvalue weighted by Crippen LogP contribution is 2.15. The van der Waals surface area contributed by atoms with E-state index >= 15 is 0 Å². The average molecular weight is 404 g/mol. The minimum absolute atomic E-state index is 0.0292. The van der Waals surface area contributed by atoms with Crippen LogP contribution in [0.2, 0.25) is 0 Å².